The summed E-state index contributed by atoms with van der Waals surface area (Å²) in [6.07, 6.45) is 9.11. The second-order valence-electron chi connectivity index (χ2n) is 11.6. The maximum absolute atomic E-state index is 2.55. The Labute approximate surface area is 246 Å². The first-order valence-electron chi connectivity index (χ1n) is 14.9. The molecule has 1 nitrogen and oxygen atoms in total. The van der Waals surface area contributed by atoms with Gasteiger partial charge in [0.15, 0.2) is 0 Å². The minimum absolute atomic E-state index is 0.262. The van der Waals surface area contributed by atoms with Crippen LogP contribution in [-0.2, 0) is 5.41 Å². The van der Waals surface area contributed by atoms with Crippen LogP contribution >= 0.6 is 0 Å². The Morgan fingerprint density at radius 1 is 0.524 bits per heavy atom. The maximum atomic E-state index is 2.55. The van der Waals surface area contributed by atoms with Gasteiger partial charge in [-0.1, -0.05) is 146 Å². The Kier molecular flexibility index (Phi) is 5.01. The molecule has 0 saturated carbocycles. The molecule has 6 aromatic rings. The lowest BCUT2D eigenvalue weighted by Gasteiger charge is -2.42. The van der Waals surface area contributed by atoms with Gasteiger partial charge in [-0.3, -0.25) is 0 Å². The molecular weight excluding hydrogens is 506 g/mol. The summed E-state index contributed by atoms with van der Waals surface area (Å²) in [5.41, 5.74) is 11.3. The SMILES string of the molecule is C1=CC2c3ccccc3N(c3cccc(C4(c5ccccc5)c5ccccc5-c5cccc6cccc4c56)c3)C2C=C1. The highest BCUT2D eigenvalue weighted by molar-refractivity contribution is 6.05. The van der Waals surface area contributed by atoms with Gasteiger partial charge in [0.2, 0.25) is 0 Å². The first kappa shape index (κ1) is 23.6. The van der Waals surface area contributed by atoms with E-state index in [-0.39, 0.29) is 6.04 Å². The highest BCUT2D eigenvalue weighted by Crippen LogP contribution is 2.56. The van der Waals surface area contributed by atoms with Crippen LogP contribution in [0.15, 0.2) is 164 Å². The van der Waals surface area contributed by atoms with E-state index in [1.165, 1.54) is 61.1 Å². The predicted octanol–water partition coefficient (Wildman–Crippen LogP) is 9.93. The van der Waals surface area contributed by atoms with Gasteiger partial charge >= 0.3 is 0 Å². The molecule has 3 unspecified atom stereocenters. The predicted molar refractivity (Wildman–Crippen MR) is 175 cm³/mol. The van der Waals surface area contributed by atoms with Crippen LogP contribution in [0.3, 0.4) is 0 Å². The Bertz CT molecular complexity index is 2060. The molecule has 0 radical (unpaired) electrons. The van der Waals surface area contributed by atoms with Gasteiger partial charge in [-0.25, -0.2) is 0 Å². The zero-order valence-corrected chi connectivity index (χ0v) is 23.2. The summed E-state index contributed by atoms with van der Waals surface area (Å²) in [7, 11) is 0. The molecule has 1 heterocycles. The van der Waals surface area contributed by atoms with Crippen molar-refractivity contribution in [3.8, 4) is 11.1 Å². The standard InChI is InChI=1S/C41H29N/c1-2-15-29(16-3-1)41(36-23-7-4-19-32(36)35-22-10-13-28-14-11-24-37(41)40(28)35)30-17-12-18-31(27-30)42-38-25-8-5-20-33(38)34-21-6-9-26-39(34)42/h1-27,33,38H. The van der Waals surface area contributed by atoms with E-state index in [0.29, 0.717) is 5.92 Å². The number of allylic oxidation sites excluding steroid dienone is 2. The number of hydrogen-bond acceptors (Lipinski definition) is 1. The van der Waals surface area contributed by atoms with Crippen LogP contribution in [0.1, 0.15) is 33.7 Å². The van der Waals surface area contributed by atoms with Crippen molar-refractivity contribution in [2.45, 2.75) is 17.4 Å². The van der Waals surface area contributed by atoms with E-state index >= 15 is 0 Å². The van der Waals surface area contributed by atoms with Crippen molar-refractivity contribution in [3.05, 3.63) is 192 Å². The molecule has 42 heavy (non-hydrogen) atoms. The molecule has 0 spiro atoms. The second-order valence-corrected chi connectivity index (χ2v) is 11.6. The molecule has 0 N–H and O–H groups in total. The molecular formula is C41H29N. The van der Waals surface area contributed by atoms with Gasteiger partial charge in [0.25, 0.3) is 0 Å². The fourth-order valence-corrected chi connectivity index (χ4v) is 8.02. The molecule has 6 aromatic carbocycles. The number of rotatable bonds is 3. The molecule has 0 bridgehead atoms. The summed E-state index contributed by atoms with van der Waals surface area (Å²) in [5.74, 6) is 0.356. The van der Waals surface area contributed by atoms with Gasteiger partial charge in [-0.05, 0) is 67.9 Å². The van der Waals surface area contributed by atoms with Crippen molar-refractivity contribution in [1.29, 1.82) is 0 Å². The zero-order valence-electron chi connectivity index (χ0n) is 23.2. The van der Waals surface area contributed by atoms with Gasteiger partial charge in [0, 0.05) is 17.3 Å². The summed E-state index contributed by atoms with van der Waals surface area (Å²) < 4.78 is 0. The van der Waals surface area contributed by atoms with Gasteiger partial charge < -0.3 is 4.90 Å². The summed E-state index contributed by atoms with van der Waals surface area (Å²) >= 11 is 0. The Hall–Kier alpha value is -5.14. The molecule has 0 saturated heterocycles. The van der Waals surface area contributed by atoms with E-state index in [0.717, 1.165) is 0 Å². The Morgan fingerprint density at radius 3 is 2.14 bits per heavy atom. The first-order chi connectivity index (χ1) is 20.9. The fourth-order valence-electron chi connectivity index (χ4n) is 8.02. The normalized spacial score (nSPS) is 21.2. The highest BCUT2D eigenvalue weighted by atomic mass is 15.2. The Morgan fingerprint density at radius 2 is 1.21 bits per heavy atom. The van der Waals surface area contributed by atoms with Gasteiger partial charge in [0.05, 0.1) is 11.5 Å². The molecule has 3 aliphatic rings. The largest absolute Gasteiger partial charge is 0.333 e. The molecule has 3 atom stereocenters. The topological polar surface area (TPSA) is 3.24 Å². The van der Waals surface area contributed by atoms with Crippen LogP contribution in [0.2, 0.25) is 0 Å². The minimum atomic E-state index is -0.470. The number of benzene rings is 6. The van der Waals surface area contributed by atoms with Crippen LogP contribution in [0.25, 0.3) is 21.9 Å². The molecule has 1 aliphatic heterocycles. The number of hydrogen-bond donors (Lipinski definition) is 0. The van der Waals surface area contributed by atoms with Gasteiger partial charge in [-0.15, -0.1) is 0 Å². The molecule has 198 valence electrons. The minimum Gasteiger partial charge on any atom is -0.333 e. The van der Waals surface area contributed by atoms with Crippen LogP contribution in [0.5, 0.6) is 0 Å². The molecule has 1 heteroatoms. The first-order valence-corrected chi connectivity index (χ1v) is 14.9. The van der Waals surface area contributed by atoms with E-state index in [4.69, 9.17) is 0 Å². The Balaban J connectivity index is 1.37. The van der Waals surface area contributed by atoms with E-state index in [1.807, 2.05) is 0 Å². The smallest absolute Gasteiger partial charge is 0.0714 e. The lowest BCUT2D eigenvalue weighted by molar-refractivity contribution is 0.735. The van der Waals surface area contributed by atoms with Crippen molar-refractivity contribution in [3.63, 3.8) is 0 Å². The number of nitrogens with zero attached hydrogens (tertiary/aromatic N) is 1. The average molecular weight is 536 g/mol. The molecule has 0 aromatic heterocycles. The van der Waals surface area contributed by atoms with E-state index in [2.05, 4.69) is 169 Å². The van der Waals surface area contributed by atoms with Gasteiger partial charge in [0.1, 0.15) is 0 Å². The number of para-hydroxylation sites is 1. The summed E-state index contributed by atoms with van der Waals surface area (Å²) in [6, 6.07) is 52.3. The quantitative estimate of drug-likeness (QED) is 0.218. The molecule has 2 aliphatic carbocycles. The van der Waals surface area contributed by atoms with Crippen LogP contribution in [-0.4, -0.2) is 6.04 Å². The summed E-state index contributed by atoms with van der Waals surface area (Å²) in [4.78, 5) is 2.55. The lowest BCUT2D eigenvalue weighted by Crippen LogP contribution is -2.34. The molecule has 0 fully saturated rings. The van der Waals surface area contributed by atoms with Crippen molar-refractivity contribution in [2.75, 3.05) is 4.90 Å². The van der Waals surface area contributed by atoms with Crippen molar-refractivity contribution in [2.24, 2.45) is 0 Å². The number of anilines is 2. The third kappa shape index (κ3) is 3.08. The van der Waals surface area contributed by atoms with Gasteiger partial charge in [-0.2, -0.15) is 0 Å². The second kappa shape index (κ2) is 8.93. The van der Waals surface area contributed by atoms with Crippen molar-refractivity contribution >= 4 is 22.1 Å². The van der Waals surface area contributed by atoms with E-state index in [9.17, 15) is 0 Å². The van der Waals surface area contributed by atoms with E-state index in [1.54, 1.807) is 0 Å². The van der Waals surface area contributed by atoms with Crippen LogP contribution < -0.4 is 4.90 Å². The van der Waals surface area contributed by atoms with E-state index < -0.39 is 5.41 Å². The monoisotopic (exact) mass is 535 g/mol. The van der Waals surface area contributed by atoms with Crippen molar-refractivity contribution in [1.82, 2.24) is 0 Å². The zero-order chi connectivity index (χ0) is 27.7. The molecule has 0 amide bonds. The van der Waals surface area contributed by atoms with Crippen molar-refractivity contribution < 1.29 is 0 Å². The maximum Gasteiger partial charge on any atom is 0.0714 e. The van der Waals surface area contributed by atoms with Crippen LogP contribution in [0.4, 0.5) is 11.4 Å². The third-order valence-corrected chi connectivity index (χ3v) is 9.65. The lowest BCUT2D eigenvalue weighted by atomic mass is 9.59. The fraction of sp³-hybridized carbons (Fsp3) is 0.0732. The molecule has 9 rings (SSSR count). The van der Waals surface area contributed by atoms with Crippen LogP contribution in [0, 0.1) is 0 Å². The third-order valence-electron chi connectivity index (χ3n) is 9.65. The summed E-state index contributed by atoms with van der Waals surface area (Å²) in [5, 5.41) is 2.63. The number of fused-ring (bicyclic) bond motifs is 5. The highest BCUT2D eigenvalue weighted by Gasteiger charge is 2.45. The summed E-state index contributed by atoms with van der Waals surface area (Å²) in [6.45, 7) is 0. The average Bonchev–Trinajstić information content (AvgIpc) is 3.40.